The monoisotopic (exact) mass is 271 g/mol. The van der Waals surface area contributed by atoms with Crippen molar-refractivity contribution in [2.24, 2.45) is 0 Å². The van der Waals surface area contributed by atoms with Crippen LogP contribution in [0.4, 0.5) is 17.6 Å². The lowest BCUT2D eigenvalue weighted by molar-refractivity contribution is -0.137. The molecule has 0 bridgehead atoms. The molecule has 0 fully saturated rings. The molecule has 19 heavy (non-hydrogen) atoms. The minimum absolute atomic E-state index is 0.0298. The fraction of sp³-hybridized carbons (Fsp3) is 0.154. The maximum Gasteiger partial charge on any atom is 0.416 e. The summed E-state index contributed by atoms with van der Waals surface area (Å²) in [4.78, 5) is 3.54. The van der Waals surface area contributed by atoms with E-state index in [1.807, 2.05) is 0 Å². The molecule has 0 amide bonds. The number of hydrogen-bond donors (Lipinski definition) is 1. The molecular formula is C13H9F4NO. The lowest BCUT2D eigenvalue weighted by Gasteiger charge is -2.13. The Balaban J connectivity index is 2.37. The normalized spacial score (nSPS) is 13.3. The second-order valence-electron chi connectivity index (χ2n) is 3.96. The number of nitrogens with zero attached hydrogens (tertiary/aromatic N) is 1. The van der Waals surface area contributed by atoms with Crippen LogP contribution in [0.5, 0.6) is 0 Å². The number of halogens is 4. The summed E-state index contributed by atoms with van der Waals surface area (Å²) in [7, 11) is 0. The molecule has 1 atom stereocenters. The van der Waals surface area contributed by atoms with Gasteiger partial charge in [-0.2, -0.15) is 13.2 Å². The summed E-state index contributed by atoms with van der Waals surface area (Å²) in [6, 6.07) is 5.28. The van der Waals surface area contributed by atoms with Gasteiger partial charge in [-0.05, 0) is 23.8 Å². The Bertz CT molecular complexity index is 583. The second-order valence-corrected chi connectivity index (χ2v) is 3.96. The summed E-state index contributed by atoms with van der Waals surface area (Å²) in [5.41, 5.74) is -0.741. The molecule has 1 aromatic heterocycles. The Morgan fingerprint density at radius 3 is 2.42 bits per heavy atom. The van der Waals surface area contributed by atoms with Gasteiger partial charge in [0.15, 0.2) is 0 Å². The van der Waals surface area contributed by atoms with Crippen molar-refractivity contribution in [2.75, 3.05) is 0 Å². The van der Waals surface area contributed by atoms with Gasteiger partial charge in [0.2, 0.25) is 0 Å². The van der Waals surface area contributed by atoms with E-state index >= 15 is 0 Å². The van der Waals surface area contributed by atoms with Crippen molar-refractivity contribution in [1.29, 1.82) is 0 Å². The molecule has 2 aromatic rings. The Kier molecular flexibility index (Phi) is 3.53. The Morgan fingerprint density at radius 1 is 1.05 bits per heavy atom. The Morgan fingerprint density at radius 2 is 1.79 bits per heavy atom. The first kappa shape index (κ1) is 13.5. The van der Waals surface area contributed by atoms with Crippen LogP contribution in [0.2, 0.25) is 0 Å². The van der Waals surface area contributed by atoms with Gasteiger partial charge in [-0.1, -0.05) is 12.1 Å². The first-order valence-corrected chi connectivity index (χ1v) is 5.33. The van der Waals surface area contributed by atoms with Crippen LogP contribution >= 0.6 is 0 Å². The number of pyridine rings is 1. The largest absolute Gasteiger partial charge is 0.416 e. The first-order valence-electron chi connectivity index (χ1n) is 5.33. The van der Waals surface area contributed by atoms with E-state index in [1.54, 1.807) is 0 Å². The second kappa shape index (κ2) is 4.97. The van der Waals surface area contributed by atoms with E-state index in [0.717, 1.165) is 24.4 Å². The molecule has 2 rings (SSSR count). The molecule has 1 N–H and O–H groups in total. The maximum absolute atomic E-state index is 13.0. The van der Waals surface area contributed by atoms with Crippen LogP contribution in [0, 0.1) is 5.82 Å². The smallest absolute Gasteiger partial charge is 0.384 e. The summed E-state index contributed by atoms with van der Waals surface area (Å²) < 4.78 is 50.6. The number of benzene rings is 1. The lowest BCUT2D eigenvalue weighted by atomic mass is 10.0. The van der Waals surface area contributed by atoms with Gasteiger partial charge in [0.1, 0.15) is 11.9 Å². The topological polar surface area (TPSA) is 33.1 Å². The van der Waals surface area contributed by atoms with Gasteiger partial charge in [0.05, 0.1) is 11.8 Å². The predicted molar refractivity (Wildman–Crippen MR) is 59.7 cm³/mol. The predicted octanol–water partition coefficient (Wildman–Crippen LogP) is 3.32. The summed E-state index contributed by atoms with van der Waals surface area (Å²) in [5.74, 6) is -0.663. The minimum atomic E-state index is -4.49. The van der Waals surface area contributed by atoms with E-state index < -0.39 is 23.7 Å². The fourth-order valence-electron chi connectivity index (χ4n) is 1.66. The van der Waals surface area contributed by atoms with E-state index in [-0.39, 0.29) is 11.1 Å². The third kappa shape index (κ3) is 3.08. The van der Waals surface area contributed by atoms with Crippen molar-refractivity contribution in [1.82, 2.24) is 4.98 Å². The average molecular weight is 271 g/mol. The van der Waals surface area contributed by atoms with Crippen LogP contribution in [-0.2, 0) is 6.18 Å². The van der Waals surface area contributed by atoms with E-state index in [1.165, 1.54) is 18.3 Å². The van der Waals surface area contributed by atoms with Crippen LogP contribution in [0.25, 0.3) is 0 Å². The van der Waals surface area contributed by atoms with Crippen molar-refractivity contribution in [3.8, 4) is 0 Å². The van der Waals surface area contributed by atoms with Crippen molar-refractivity contribution in [2.45, 2.75) is 12.3 Å². The maximum atomic E-state index is 13.0. The molecule has 1 aromatic carbocycles. The summed E-state index contributed by atoms with van der Waals surface area (Å²) >= 11 is 0. The summed E-state index contributed by atoms with van der Waals surface area (Å²) in [6.07, 6.45) is -3.70. The van der Waals surface area contributed by atoms with Crippen molar-refractivity contribution in [3.63, 3.8) is 0 Å². The number of hydrogen-bond acceptors (Lipinski definition) is 2. The highest BCUT2D eigenvalue weighted by Crippen LogP contribution is 2.32. The molecule has 2 nitrogen and oxygen atoms in total. The molecule has 6 heteroatoms. The number of aliphatic hydroxyl groups excluding tert-OH is 1. The zero-order chi connectivity index (χ0) is 14.0. The summed E-state index contributed by atoms with van der Waals surface area (Å²) in [5, 5.41) is 9.93. The average Bonchev–Trinajstić information content (AvgIpc) is 2.37. The first-order chi connectivity index (χ1) is 8.88. The number of alkyl halides is 3. The molecule has 0 radical (unpaired) electrons. The lowest BCUT2D eigenvalue weighted by Crippen LogP contribution is -2.07. The van der Waals surface area contributed by atoms with Gasteiger partial charge < -0.3 is 5.11 Å². The SMILES string of the molecule is OC(c1cncc(F)c1)c1cccc(C(F)(F)F)c1. The highest BCUT2D eigenvalue weighted by Gasteiger charge is 2.31. The van der Waals surface area contributed by atoms with Gasteiger partial charge in [0, 0.05) is 11.8 Å². The van der Waals surface area contributed by atoms with Gasteiger partial charge >= 0.3 is 6.18 Å². The Hall–Kier alpha value is -1.95. The van der Waals surface area contributed by atoms with Gasteiger partial charge in [-0.15, -0.1) is 0 Å². The van der Waals surface area contributed by atoms with E-state index in [4.69, 9.17) is 0 Å². The van der Waals surface area contributed by atoms with Crippen LogP contribution in [0.3, 0.4) is 0 Å². The molecule has 0 aliphatic heterocycles. The minimum Gasteiger partial charge on any atom is -0.384 e. The van der Waals surface area contributed by atoms with Crippen molar-refractivity contribution >= 4 is 0 Å². The highest BCUT2D eigenvalue weighted by molar-refractivity contribution is 5.32. The molecule has 0 aliphatic carbocycles. The van der Waals surface area contributed by atoms with Crippen molar-refractivity contribution in [3.05, 3.63) is 65.2 Å². The number of aromatic nitrogens is 1. The van der Waals surface area contributed by atoms with Crippen LogP contribution in [-0.4, -0.2) is 10.1 Å². The fourth-order valence-corrected chi connectivity index (χ4v) is 1.66. The van der Waals surface area contributed by atoms with Crippen LogP contribution in [0.15, 0.2) is 42.7 Å². The van der Waals surface area contributed by atoms with Gasteiger partial charge in [0.25, 0.3) is 0 Å². The molecule has 1 unspecified atom stereocenters. The molecule has 0 spiro atoms. The zero-order valence-corrected chi connectivity index (χ0v) is 9.53. The quantitative estimate of drug-likeness (QED) is 0.850. The number of aliphatic hydroxyl groups is 1. The molecule has 0 saturated carbocycles. The van der Waals surface area contributed by atoms with Crippen LogP contribution in [0.1, 0.15) is 22.8 Å². The molecule has 0 saturated heterocycles. The molecule has 1 heterocycles. The molecule has 100 valence electrons. The summed E-state index contributed by atoms with van der Waals surface area (Å²) in [6.45, 7) is 0. The molecular weight excluding hydrogens is 262 g/mol. The molecule has 0 aliphatic rings. The number of rotatable bonds is 2. The van der Waals surface area contributed by atoms with Crippen LogP contribution < -0.4 is 0 Å². The van der Waals surface area contributed by atoms with E-state index in [0.29, 0.717) is 0 Å². The third-order valence-electron chi connectivity index (χ3n) is 2.57. The zero-order valence-electron chi connectivity index (χ0n) is 9.53. The highest BCUT2D eigenvalue weighted by atomic mass is 19.4. The van der Waals surface area contributed by atoms with E-state index in [9.17, 15) is 22.7 Å². The Labute approximate surface area is 106 Å². The van der Waals surface area contributed by atoms with Gasteiger partial charge in [-0.3, -0.25) is 4.98 Å². The van der Waals surface area contributed by atoms with Crippen molar-refractivity contribution < 1.29 is 22.7 Å². The third-order valence-corrected chi connectivity index (χ3v) is 2.57. The standard InChI is InChI=1S/C13H9F4NO/c14-11-5-9(6-18-7-11)12(19)8-2-1-3-10(4-8)13(15,16)17/h1-7,12,19H. The van der Waals surface area contributed by atoms with E-state index in [2.05, 4.69) is 4.98 Å². The van der Waals surface area contributed by atoms with Gasteiger partial charge in [-0.25, -0.2) is 4.39 Å².